The fraction of sp³-hybridized carbons (Fsp3) is 0.0714. The number of para-hydroxylation sites is 1. The average molecular weight is 321 g/mol. The van der Waals surface area contributed by atoms with E-state index in [1.54, 1.807) is 12.1 Å². The number of primary sulfonamides is 1. The Morgan fingerprint density at radius 2 is 1.71 bits per heavy atom. The van der Waals surface area contributed by atoms with E-state index >= 15 is 0 Å². The second kappa shape index (κ2) is 6.21. The summed E-state index contributed by atoms with van der Waals surface area (Å²) in [6.45, 7) is 0.518. The molecule has 5 nitrogen and oxygen atoms in total. The van der Waals surface area contributed by atoms with Crippen LogP contribution < -0.4 is 16.2 Å². The Hall–Kier alpha value is -1.96. The predicted molar refractivity (Wildman–Crippen MR) is 87.5 cm³/mol. The lowest BCUT2D eigenvalue weighted by Crippen LogP contribution is -2.13. The van der Waals surface area contributed by atoms with Gasteiger partial charge in [-0.05, 0) is 29.8 Å². The van der Waals surface area contributed by atoms with Crippen molar-refractivity contribution in [1.29, 1.82) is 0 Å². The maximum absolute atomic E-state index is 11.2. The van der Waals surface area contributed by atoms with Crippen molar-refractivity contribution < 1.29 is 8.42 Å². The second-order valence-electron chi connectivity index (χ2n) is 4.45. The quantitative estimate of drug-likeness (QED) is 0.726. The number of benzene rings is 2. The van der Waals surface area contributed by atoms with E-state index in [0.717, 1.165) is 16.8 Å². The van der Waals surface area contributed by atoms with E-state index < -0.39 is 10.0 Å². The standard InChI is InChI=1S/C14H15N3O2S2/c15-14(20)12-3-1-2-4-13(12)17-9-10-5-7-11(8-6-10)21(16,18)19/h1-8,17H,9H2,(H2,15,20)(H2,16,18,19). The topological polar surface area (TPSA) is 98.2 Å². The highest BCUT2D eigenvalue weighted by atomic mass is 32.2. The molecule has 0 aliphatic carbocycles. The van der Waals surface area contributed by atoms with Gasteiger partial charge in [0.1, 0.15) is 4.99 Å². The van der Waals surface area contributed by atoms with E-state index in [-0.39, 0.29) is 4.90 Å². The molecular formula is C14H15N3O2S2. The van der Waals surface area contributed by atoms with Gasteiger partial charge in [-0.2, -0.15) is 0 Å². The first-order valence-electron chi connectivity index (χ1n) is 6.12. The van der Waals surface area contributed by atoms with Gasteiger partial charge in [-0.1, -0.05) is 36.5 Å². The van der Waals surface area contributed by atoms with E-state index in [4.69, 9.17) is 23.1 Å². The second-order valence-corrected chi connectivity index (χ2v) is 6.45. The molecule has 110 valence electrons. The minimum atomic E-state index is -3.66. The van der Waals surface area contributed by atoms with Gasteiger partial charge in [0.05, 0.1) is 4.90 Å². The zero-order valence-corrected chi connectivity index (χ0v) is 12.7. The van der Waals surface area contributed by atoms with Crippen LogP contribution >= 0.6 is 12.2 Å². The van der Waals surface area contributed by atoms with Crippen molar-refractivity contribution in [3.05, 3.63) is 59.7 Å². The summed E-state index contributed by atoms with van der Waals surface area (Å²) in [5.74, 6) is 0. The summed E-state index contributed by atoms with van der Waals surface area (Å²) in [7, 11) is -3.66. The Morgan fingerprint density at radius 3 is 2.29 bits per heavy atom. The zero-order chi connectivity index (χ0) is 15.5. The Balaban J connectivity index is 2.12. The maximum Gasteiger partial charge on any atom is 0.238 e. The van der Waals surface area contributed by atoms with Crippen LogP contribution in [0, 0.1) is 0 Å². The Morgan fingerprint density at radius 1 is 1.10 bits per heavy atom. The van der Waals surface area contributed by atoms with E-state index in [1.165, 1.54) is 12.1 Å². The van der Waals surface area contributed by atoms with Gasteiger partial charge in [0.15, 0.2) is 0 Å². The smallest absolute Gasteiger partial charge is 0.238 e. The largest absolute Gasteiger partial charge is 0.389 e. The van der Waals surface area contributed by atoms with Crippen LogP contribution in [0.25, 0.3) is 0 Å². The number of thiocarbonyl (C=S) groups is 1. The maximum atomic E-state index is 11.2. The summed E-state index contributed by atoms with van der Waals surface area (Å²) < 4.78 is 22.4. The lowest BCUT2D eigenvalue weighted by molar-refractivity contribution is 0.598. The molecule has 0 atom stereocenters. The molecule has 5 N–H and O–H groups in total. The van der Waals surface area contributed by atoms with Crippen LogP contribution in [0.15, 0.2) is 53.4 Å². The minimum absolute atomic E-state index is 0.0924. The summed E-state index contributed by atoms with van der Waals surface area (Å²) in [5, 5.41) is 8.27. The third-order valence-corrected chi connectivity index (χ3v) is 4.08. The van der Waals surface area contributed by atoms with Crippen LogP contribution in [0.4, 0.5) is 5.69 Å². The van der Waals surface area contributed by atoms with Gasteiger partial charge in [-0.25, -0.2) is 13.6 Å². The molecule has 0 unspecified atom stereocenters. The number of rotatable bonds is 5. The number of anilines is 1. The van der Waals surface area contributed by atoms with Gasteiger partial charge in [-0.3, -0.25) is 0 Å². The molecule has 0 spiro atoms. The van der Waals surface area contributed by atoms with Crippen molar-refractivity contribution in [1.82, 2.24) is 0 Å². The first kappa shape index (κ1) is 15.4. The van der Waals surface area contributed by atoms with Gasteiger partial charge in [0.25, 0.3) is 0 Å². The first-order valence-corrected chi connectivity index (χ1v) is 8.08. The molecule has 0 aliphatic rings. The zero-order valence-electron chi connectivity index (χ0n) is 11.1. The van der Waals surface area contributed by atoms with Gasteiger partial charge in [-0.15, -0.1) is 0 Å². The Labute approximate surface area is 129 Å². The van der Waals surface area contributed by atoms with E-state index in [1.807, 2.05) is 24.3 Å². The van der Waals surface area contributed by atoms with Gasteiger partial charge in [0.2, 0.25) is 10.0 Å². The third kappa shape index (κ3) is 4.01. The fourth-order valence-corrected chi connectivity index (χ4v) is 2.54. The summed E-state index contributed by atoms with van der Waals surface area (Å²) in [4.78, 5) is 0.414. The first-order chi connectivity index (χ1) is 9.88. The lowest BCUT2D eigenvalue weighted by Gasteiger charge is -2.11. The molecule has 2 aromatic carbocycles. The van der Waals surface area contributed by atoms with Gasteiger partial charge < -0.3 is 11.1 Å². The molecule has 0 aromatic heterocycles. The average Bonchev–Trinajstić information content (AvgIpc) is 2.45. The molecule has 0 heterocycles. The summed E-state index contributed by atoms with van der Waals surface area (Å²) in [6.07, 6.45) is 0. The van der Waals surface area contributed by atoms with Crippen molar-refractivity contribution in [2.45, 2.75) is 11.4 Å². The van der Waals surface area contributed by atoms with Crippen LogP contribution in [-0.4, -0.2) is 13.4 Å². The molecule has 2 rings (SSSR count). The van der Waals surface area contributed by atoms with Crippen LogP contribution in [0.3, 0.4) is 0 Å². The summed E-state index contributed by atoms with van der Waals surface area (Å²) in [5.41, 5.74) is 8.18. The Kier molecular flexibility index (Phi) is 4.56. The molecule has 2 aromatic rings. The number of nitrogens with two attached hydrogens (primary N) is 2. The molecule has 0 bridgehead atoms. The number of nitrogens with one attached hydrogen (secondary N) is 1. The SMILES string of the molecule is NC(=S)c1ccccc1NCc1ccc(S(N)(=O)=O)cc1. The molecule has 0 fully saturated rings. The summed E-state index contributed by atoms with van der Waals surface area (Å²) in [6, 6.07) is 13.8. The normalized spacial score (nSPS) is 11.1. The van der Waals surface area contributed by atoms with Gasteiger partial charge in [0, 0.05) is 17.8 Å². The van der Waals surface area contributed by atoms with Crippen LogP contribution in [0.1, 0.15) is 11.1 Å². The molecule has 0 aliphatic heterocycles. The fourth-order valence-electron chi connectivity index (χ4n) is 1.85. The van der Waals surface area contributed by atoms with E-state index in [9.17, 15) is 8.42 Å². The Bertz CT molecular complexity index is 756. The molecule has 7 heteroatoms. The van der Waals surface area contributed by atoms with Crippen molar-refractivity contribution in [3.8, 4) is 0 Å². The van der Waals surface area contributed by atoms with Crippen LogP contribution in [0.2, 0.25) is 0 Å². The predicted octanol–water partition coefficient (Wildman–Crippen LogP) is 1.58. The minimum Gasteiger partial charge on any atom is -0.389 e. The highest BCUT2D eigenvalue weighted by Gasteiger charge is 2.07. The van der Waals surface area contributed by atoms with Crippen molar-refractivity contribution in [2.24, 2.45) is 10.9 Å². The summed E-state index contributed by atoms with van der Waals surface area (Å²) >= 11 is 5.00. The number of hydrogen-bond donors (Lipinski definition) is 3. The number of hydrogen-bond acceptors (Lipinski definition) is 4. The highest BCUT2D eigenvalue weighted by Crippen LogP contribution is 2.16. The van der Waals surface area contributed by atoms with E-state index in [2.05, 4.69) is 5.32 Å². The van der Waals surface area contributed by atoms with Gasteiger partial charge >= 0.3 is 0 Å². The molecule has 0 radical (unpaired) electrons. The molecule has 0 amide bonds. The molecular weight excluding hydrogens is 306 g/mol. The number of sulfonamides is 1. The third-order valence-electron chi connectivity index (χ3n) is 2.93. The molecule has 0 saturated carbocycles. The van der Waals surface area contributed by atoms with E-state index in [0.29, 0.717) is 11.5 Å². The lowest BCUT2D eigenvalue weighted by atomic mass is 10.1. The molecule has 0 saturated heterocycles. The van der Waals surface area contributed by atoms with Crippen molar-refractivity contribution >= 4 is 32.9 Å². The van der Waals surface area contributed by atoms with Crippen LogP contribution in [-0.2, 0) is 16.6 Å². The van der Waals surface area contributed by atoms with Crippen LogP contribution in [0.5, 0.6) is 0 Å². The molecule has 21 heavy (non-hydrogen) atoms. The monoisotopic (exact) mass is 321 g/mol. The van der Waals surface area contributed by atoms with Crippen molar-refractivity contribution in [3.63, 3.8) is 0 Å². The highest BCUT2D eigenvalue weighted by molar-refractivity contribution is 7.89. The van der Waals surface area contributed by atoms with Crippen molar-refractivity contribution in [2.75, 3.05) is 5.32 Å².